The topological polar surface area (TPSA) is 42.0 Å². The predicted molar refractivity (Wildman–Crippen MR) is 91.5 cm³/mol. The van der Waals surface area contributed by atoms with Gasteiger partial charge in [0.1, 0.15) is 5.82 Å². The SMILES string of the molecule is O=C(Cc1cccc(F)c1)N1CCN(c2ccc3c(c2)OCO3)CC1. The van der Waals surface area contributed by atoms with Gasteiger partial charge in [-0.15, -0.1) is 0 Å². The first-order valence-corrected chi connectivity index (χ1v) is 8.36. The molecule has 0 aliphatic carbocycles. The zero-order valence-electron chi connectivity index (χ0n) is 13.8. The summed E-state index contributed by atoms with van der Waals surface area (Å²) in [6.45, 7) is 3.09. The van der Waals surface area contributed by atoms with Crippen LogP contribution in [-0.4, -0.2) is 43.8 Å². The lowest BCUT2D eigenvalue weighted by atomic mass is 10.1. The monoisotopic (exact) mass is 342 g/mol. The van der Waals surface area contributed by atoms with Gasteiger partial charge in [-0.3, -0.25) is 4.79 Å². The molecule has 0 bridgehead atoms. The second-order valence-corrected chi connectivity index (χ2v) is 6.21. The minimum atomic E-state index is -0.307. The highest BCUT2D eigenvalue weighted by atomic mass is 19.1. The molecule has 0 radical (unpaired) electrons. The van der Waals surface area contributed by atoms with Gasteiger partial charge in [-0.2, -0.15) is 0 Å². The van der Waals surface area contributed by atoms with E-state index in [1.54, 1.807) is 12.1 Å². The number of fused-ring (bicyclic) bond motifs is 1. The van der Waals surface area contributed by atoms with Gasteiger partial charge in [0.15, 0.2) is 11.5 Å². The summed E-state index contributed by atoms with van der Waals surface area (Å²) < 4.78 is 24.0. The van der Waals surface area contributed by atoms with Crippen molar-refractivity contribution in [3.05, 3.63) is 53.8 Å². The van der Waals surface area contributed by atoms with Gasteiger partial charge in [-0.25, -0.2) is 4.39 Å². The van der Waals surface area contributed by atoms with Crippen LogP contribution in [0.3, 0.4) is 0 Å². The van der Waals surface area contributed by atoms with Crippen molar-refractivity contribution < 1.29 is 18.7 Å². The third-order valence-electron chi connectivity index (χ3n) is 4.60. The van der Waals surface area contributed by atoms with Crippen LogP contribution in [-0.2, 0) is 11.2 Å². The molecular formula is C19H19FN2O3. The zero-order chi connectivity index (χ0) is 17.2. The fraction of sp³-hybridized carbons (Fsp3) is 0.316. The molecule has 0 atom stereocenters. The van der Waals surface area contributed by atoms with Crippen LogP contribution in [0.25, 0.3) is 0 Å². The summed E-state index contributed by atoms with van der Waals surface area (Å²) >= 11 is 0. The molecule has 0 spiro atoms. The molecule has 4 rings (SSSR count). The predicted octanol–water partition coefficient (Wildman–Crippen LogP) is 2.45. The Kier molecular flexibility index (Phi) is 4.17. The number of halogens is 1. The number of hydrogen-bond donors (Lipinski definition) is 0. The number of amides is 1. The van der Waals surface area contributed by atoms with E-state index in [2.05, 4.69) is 4.90 Å². The van der Waals surface area contributed by atoms with E-state index in [-0.39, 0.29) is 24.9 Å². The third kappa shape index (κ3) is 3.38. The summed E-state index contributed by atoms with van der Waals surface area (Å²) in [5.41, 5.74) is 1.78. The fourth-order valence-corrected chi connectivity index (χ4v) is 3.23. The van der Waals surface area contributed by atoms with Crippen LogP contribution >= 0.6 is 0 Å². The lowest BCUT2D eigenvalue weighted by molar-refractivity contribution is -0.130. The maximum atomic E-state index is 13.2. The fourth-order valence-electron chi connectivity index (χ4n) is 3.23. The summed E-state index contributed by atoms with van der Waals surface area (Å²) in [6.07, 6.45) is 0.238. The van der Waals surface area contributed by atoms with Crippen LogP contribution in [0.2, 0.25) is 0 Å². The average Bonchev–Trinajstić information content (AvgIpc) is 3.09. The summed E-state index contributed by atoms with van der Waals surface area (Å²) in [6, 6.07) is 12.1. The van der Waals surface area contributed by atoms with Crippen LogP contribution in [0, 0.1) is 5.82 Å². The minimum Gasteiger partial charge on any atom is -0.454 e. The first-order valence-electron chi connectivity index (χ1n) is 8.36. The van der Waals surface area contributed by atoms with E-state index in [9.17, 15) is 9.18 Å². The number of anilines is 1. The van der Waals surface area contributed by atoms with Crippen molar-refractivity contribution in [2.45, 2.75) is 6.42 Å². The number of carbonyl (C=O) groups is 1. The third-order valence-corrected chi connectivity index (χ3v) is 4.60. The molecule has 0 N–H and O–H groups in total. The first kappa shape index (κ1) is 15.7. The highest BCUT2D eigenvalue weighted by molar-refractivity contribution is 5.79. The van der Waals surface area contributed by atoms with Crippen molar-refractivity contribution in [1.29, 1.82) is 0 Å². The molecule has 0 unspecified atom stereocenters. The summed E-state index contributed by atoms with van der Waals surface area (Å²) in [5.74, 6) is 1.27. The Balaban J connectivity index is 1.35. The molecular weight excluding hydrogens is 323 g/mol. The number of carbonyl (C=O) groups excluding carboxylic acids is 1. The van der Waals surface area contributed by atoms with E-state index < -0.39 is 0 Å². The molecule has 5 nitrogen and oxygen atoms in total. The number of rotatable bonds is 3. The number of ether oxygens (including phenoxy) is 2. The van der Waals surface area contributed by atoms with Crippen molar-refractivity contribution in [2.24, 2.45) is 0 Å². The van der Waals surface area contributed by atoms with Gasteiger partial charge in [0.2, 0.25) is 12.7 Å². The van der Waals surface area contributed by atoms with E-state index in [1.165, 1.54) is 12.1 Å². The van der Waals surface area contributed by atoms with Gasteiger partial charge in [-0.1, -0.05) is 12.1 Å². The number of hydrogen-bond acceptors (Lipinski definition) is 4. The summed E-state index contributed by atoms with van der Waals surface area (Å²) in [4.78, 5) is 16.5. The highest BCUT2D eigenvalue weighted by Gasteiger charge is 2.23. The smallest absolute Gasteiger partial charge is 0.231 e. The van der Waals surface area contributed by atoms with Gasteiger partial charge in [0, 0.05) is 37.9 Å². The van der Waals surface area contributed by atoms with Gasteiger partial charge in [-0.05, 0) is 29.8 Å². The van der Waals surface area contributed by atoms with Crippen molar-refractivity contribution >= 4 is 11.6 Å². The maximum absolute atomic E-state index is 13.2. The zero-order valence-corrected chi connectivity index (χ0v) is 13.8. The van der Waals surface area contributed by atoms with E-state index in [1.807, 2.05) is 23.1 Å². The Morgan fingerprint density at radius 2 is 1.80 bits per heavy atom. The van der Waals surface area contributed by atoms with Crippen LogP contribution in [0.4, 0.5) is 10.1 Å². The molecule has 1 amide bonds. The number of nitrogens with zero attached hydrogens (tertiary/aromatic N) is 2. The second-order valence-electron chi connectivity index (χ2n) is 6.21. The Hall–Kier alpha value is -2.76. The largest absolute Gasteiger partial charge is 0.454 e. The van der Waals surface area contributed by atoms with Gasteiger partial charge in [0.25, 0.3) is 0 Å². The molecule has 6 heteroatoms. The van der Waals surface area contributed by atoms with Crippen molar-refractivity contribution in [1.82, 2.24) is 4.90 Å². The highest BCUT2D eigenvalue weighted by Crippen LogP contribution is 2.35. The Morgan fingerprint density at radius 1 is 1.00 bits per heavy atom. The summed E-state index contributed by atoms with van der Waals surface area (Å²) in [5, 5.41) is 0. The molecule has 25 heavy (non-hydrogen) atoms. The molecule has 0 aromatic heterocycles. The number of benzene rings is 2. The van der Waals surface area contributed by atoms with E-state index >= 15 is 0 Å². The molecule has 2 aliphatic rings. The average molecular weight is 342 g/mol. The van der Waals surface area contributed by atoms with Crippen molar-refractivity contribution in [3.63, 3.8) is 0 Å². The normalized spacial score (nSPS) is 16.2. The van der Waals surface area contributed by atoms with Crippen LogP contribution in [0.5, 0.6) is 11.5 Å². The molecule has 130 valence electrons. The Morgan fingerprint density at radius 3 is 2.60 bits per heavy atom. The van der Waals surface area contributed by atoms with Crippen molar-refractivity contribution in [2.75, 3.05) is 37.9 Å². The molecule has 2 aromatic rings. The molecule has 1 fully saturated rings. The molecule has 1 saturated heterocycles. The minimum absolute atomic E-state index is 0.0379. The van der Waals surface area contributed by atoms with Crippen LogP contribution in [0.15, 0.2) is 42.5 Å². The Bertz CT molecular complexity index is 788. The summed E-state index contributed by atoms with van der Waals surface area (Å²) in [7, 11) is 0. The van der Waals surface area contributed by atoms with Crippen molar-refractivity contribution in [3.8, 4) is 11.5 Å². The number of piperazine rings is 1. The van der Waals surface area contributed by atoms with E-state index in [4.69, 9.17) is 9.47 Å². The Labute approximate surface area is 145 Å². The lowest BCUT2D eigenvalue weighted by Crippen LogP contribution is -2.49. The van der Waals surface area contributed by atoms with Crippen LogP contribution in [0.1, 0.15) is 5.56 Å². The van der Waals surface area contributed by atoms with Gasteiger partial charge in [0.05, 0.1) is 6.42 Å². The molecule has 2 aliphatic heterocycles. The molecule has 2 aromatic carbocycles. The maximum Gasteiger partial charge on any atom is 0.231 e. The van der Waals surface area contributed by atoms with Gasteiger partial charge >= 0.3 is 0 Å². The first-order chi connectivity index (χ1) is 12.2. The van der Waals surface area contributed by atoms with Gasteiger partial charge < -0.3 is 19.3 Å². The quantitative estimate of drug-likeness (QED) is 0.859. The van der Waals surface area contributed by atoms with Crippen LogP contribution < -0.4 is 14.4 Å². The molecule has 0 saturated carbocycles. The lowest BCUT2D eigenvalue weighted by Gasteiger charge is -2.36. The van der Waals surface area contributed by atoms with E-state index in [0.29, 0.717) is 18.7 Å². The molecule has 2 heterocycles. The standard InChI is InChI=1S/C19H19FN2O3/c20-15-3-1-2-14(10-15)11-19(23)22-8-6-21(7-9-22)16-4-5-17-18(12-16)25-13-24-17/h1-5,10,12H,6-9,11,13H2. The second kappa shape index (κ2) is 6.63. The van der Waals surface area contributed by atoms with E-state index in [0.717, 1.165) is 30.3 Å².